The van der Waals surface area contributed by atoms with Gasteiger partial charge in [-0.05, 0) is 42.7 Å². The van der Waals surface area contributed by atoms with Gasteiger partial charge in [-0.2, -0.15) is 0 Å². The molecule has 1 atom stereocenters. The third-order valence-corrected chi connectivity index (χ3v) is 5.23. The van der Waals surface area contributed by atoms with Crippen LogP contribution >= 0.6 is 0 Å². The standard InChI is InChI=1S/C20H20N4O3/c25-20(13-24-17-5-2-1-4-15(17)21-22-24)23-9-3-6-16(23)14-7-8-18-19(12-14)27-11-10-26-18/h1-2,4-5,7-8,12,16H,3,6,9-11,13H2/t16-/m0/s1. The van der Waals surface area contributed by atoms with Crippen LogP contribution in [-0.4, -0.2) is 45.6 Å². The topological polar surface area (TPSA) is 69.5 Å². The lowest BCUT2D eigenvalue weighted by atomic mass is 10.0. The van der Waals surface area contributed by atoms with E-state index in [2.05, 4.69) is 10.3 Å². The Bertz CT molecular complexity index is 1000. The molecule has 1 saturated heterocycles. The lowest BCUT2D eigenvalue weighted by Gasteiger charge is -2.26. The van der Waals surface area contributed by atoms with Gasteiger partial charge in [0.05, 0.1) is 11.6 Å². The second-order valence-corrected chi connectivity index (χ2v) is 6.88. The molecule has 2 aliphatic rings. The van der Waals surface area contributed by atoms with E-state index in [-0.39, 0.29) is 18.5 Å². The Kier molecular flexibility index (Phi) is 3.92. The molecule has 2 aromatic carbocycles. The summed E-state index contributed by atoms with van der Waals surface area (Å²) >= 11 is 0. The fourth-order valence-corrected chi connectivity index (χ4v) is 3.93. The zero-order valence-electron chi connectivity index (χ0n) is 14.9. The van der Waals surface area contributed by atoms with Crippen molar-refractivity contribution in [2.75, 3.05) is 19.8 Å². The minimum atomic E-state index is 0.0584. The molecule has 0 bridgehead atoms. The molecule has 0 spiro atoms. The number of rotatable bonds is 3. The van der Waals surface area contributed by atoms with E-state index in [0.717, 1.165) is 47.5 Å². The summed E-state index contributed by atoms with van der Waals surface area (Å²) in [7, 11) is 0. The molecule has 3 aromatic rings. The molecule has 7 heteroatoms. The van der Waals surface area contributed by atoms with Crippen LogP contribution in [0.25, 0.3) is 11.0 Å². The molecule has 0 unspecified atom stereocenters. The number of hydrogen-bond acceptors (Lipinski definition) is 5. The summed E-state index contributed by atoms with van der Waals surface area (Å²) in [6.45, 7) is 2.08. The second-order valence-electron chi connectivity index (χ2n) is 6.88. The Morgan fingerprint density at radius 2 is 1.96 bits per heavy atom. The van der Waals surface area contributed by atoms with Crippen LogP contribution in [0.1, 0.15) is 24.4 Å². The van der Waals surface area contributed by atoms with Crippen molar-refractivity contribution in [3.05, 3.63) is 48.0 Å². The molecule has 0 N–H and O–H groups in total. The highest BCUT2D eigenvalue weighted by Gasteiger charge is 2.31. The Morgan fingerprint density at radius 1 is 1.11 bits per heavy atom. The number of hydrogen-bond donors (Lipinski definition) is 0. The van der Waals surface area contributed by atoms with Crippen LogP contribution in [0.15, 0.2) is 42.5 Å². The van der Waals surface area contributed by atoms with Gasteiger partial charge in [-0.3, -0.25) is 4.79 Å². The van der Waals surface area contributed by atoms with E-state index in [0.29, 0.717) is 13.2 Å². The molecule has 1 fully saturated rings. The number of carbonyl (C=O) groups excluding carboxylic acids is 1. The number of para-hydroxylation sites is 1. The normalized spacial score (nSPS) is 18.8. The van der Waals surface area contributed by atoms with Gasteiger partial charge in [-0.25, -0.2) is 4.68 Å². The minimum Gasteiger partial charge on any atom is -0.486 e. The van der Waals surface area contributed by atoms with E-state index in [1.165, 1.54) is 0 Å². The quantitative estimate of drug-likeness (QED) is 0.714. The predicted octanol–water partition coefficient (Wildman–Crippen LogP) is 2.57. The largest absolute Gasteiger partial charge is 0.486 e. The highest BCUT2D eigenvalue weighted by molar-refractivity contribution is 5.80. The maximum Gasteiger partial charge on any atom is 0.244 e. The monoisotopic (exact) mass is 364 g/mol. The molecule has 3 heterocycles. The summed E-state index contributed by atoms with van der Waals surface area (Å²) < 4.78 is 13.0. The van der Waals surface area contributed by atoms with E-state index >= 15 is 0 Å². The van der Waals surface area contributed by atoms with Crippen LogP contribution in [0.5, 0.6) is 11.5 Å². The number of ether oxygens (including phenoxy) is 2. The van der Waals surface area contributed by atoms with Gasteiger partial charge < -0.3 is 14.4 Å². The lowest BCUT2D eigenvalue weighted by Crippen LogP contribution is -2.33. The summed E-state index contributed by atoms with van der Waals surface area (Å²) in [5, 5.41) is 8.28. The molecule has 138 valence electrons. The summed E-state index contributed by atoms with van der Waals surface area (Å²) in [6.07, 6.45) is 1.94. The average Bonchev–Trinajstić information content (AvgIpc) is 3.35. The minimum absolute atomic E-state index is 0.0584. The third-order valence-electron chi connectivity index (χ3n) is 5.23. The maximum atomic E-state index is 13.0. The highest BCUT2D eigenvalue weighted by atomic mass is 16.6. The van der Waals surface area contributed by atoms with E-state index in [4.69, 9.17) is 9.47 Å². The molecule has 7 nitrogen and oxygen atoms in total. The number of likely N-dealkylation sites (tertiary alicyclic amines) is 1. The van der Waals surface area contributed by atoms with Crippen molar-refractivity contribution in [2.24, 2.45) is 0 Å². The number of carbonyl (C=O) groups is 1. The van der Waals surface area contributed by atoms with Crippen LogP contribution in [0.4, 0.5) is 0 Å². The Hall–Kier alpha value is -3.09. The van der Waals surface area contributed by atoms with E-state index in [1.807, 2.05) is 47.4 Å². The van der Waals surface area contributed by atoms with Crippen LogP contribution in [-0.2, 0) is 11.3 Å². The fourth-order valence-electron chi connectivity index (χ4n) is 3.93. The first-order valence-electron chi connectivity index (χ1n) is 9.27. The van der Waals surface area contributed by atoms with Crippen LogP contribution < -0.4 is 9.47 Å². The summed E-state index contributed by atoms with van der Waals surface area (Å²) in [4.78, 5) is 15.0. The van der Waals surface area contributed by atoms with Crippen LogP contribution in [0.3, 0.4) is 0 Å². The molecular weight excluding hydrogens is 344 g/mol. The van der Waals surface area contributed by atoms with Crippen molar-refractivity contribution in [2.45, 2.75) is 25.4 Å². The van der Waals surface area contributed by atoms with Crippen molar-refractivity contribution in [1.82, 2.24) is 19.9 Å². The van der Waals surface area contributed by atoms with Gasteiger partial charge >= 0.3 is 0 Å². The molecule has 2 aliphatic heterocycles. The second kappa shape index (κ2) is 6.57. The fraction of sp³-hybridized carbons (Fsp3) is 0.350. The molecular formula is C20H20N4O3. The average molecular weight is 364 g/mol. The third kappa shape index (κ3) is 2.89. The molecule has 0 saturated carbocycles. The molecule has 1 amide bonds. The van der Waals surface area contributed by atoms with Gasteiger partial charge in [0.1, 0.15) is 25.3 Å². The molecule has 27 heavy (non-hydrogen) atoms. The van der Waals surface area contributed by atoms with E-state index < -0.39 is 0 Å². The maximum absolute atomic E-state index is 13.0. The predicted molar refractivity (Wildman–Crippen MR) is 98.6 cm³/mol. The first kappa shape index (κ1) is 16.1. The number of benzene rings is 2. The van der Waals surface area contributed by atoms with E-state index in [1.54, 1.807) is 4.68 Å². The molecule has 0 radical (unpaired) electrons. The Morgan fingerprint density at radius 3 is 2.89 bits per heavy atom. The van der Waals surface area contributed by atoms with Gasteiger partial charge in [-0.1, -0.05) is 23.4 Å². The summed E-state index contributed by atoms with van der Waals surface area (Å²) in [5.74, 6) is 1.60. The Balaban J connectivity index is 1.38. The number of fused-ring (bicyclic) bond motifs is 2. The van der Waals surface area contributed by atoms with Gasteiger partial charge in [0, 0.05) is 6.54 Å². The number of amides is 1. The van der Waals surface area contributed by atoms with Crippen molar-refractivity contribution >= 4 is 16.9 Å². The Labute approximate surface area is 156 Å². The molecule has 0 aliphatic carbocycles. The number of nitrogens with zero attached hydrogens (tertiary/aromatic N) is 4. The summed E-state index contributed by atoms with van der Waals surface area (Å²) in [6, 6.07) is 13.7. The van der Waals surface area contributed by atoms with Gasteiger partial charge in [0.25, 0.3) is 0 Å². The van der Waals surface area contributed by atoms with Crippen molar-refractivity contribution < 1.29 is 14.3 Å². The molecule has 1 aromatic heterocycles. The SMILES string of the molecule is O=C(Cn1nnc2ccccc21)N1CCC[C@H]1c1ccc2c(c1)OCCO2. The van der Waals surface area contributed by atoms with Crippen LogP contribution in [0, 0.1) is 0 Å². The first-order valence-corrected chi connectivity index (χ1v) is 9.27. The zero-order valence-corrected chi connectivity index (χ0v) is 14.9. The van der Waals surface area contributed by atoms with Gasteiger partial charge in [0.15, 0.2) is 11.5 Å². The van der Waals surface area contributed by atoms with E-state index in [9.17, 15) is 4.79 Å². The smallest absolute Gasteiger partial charge is 0.244 e. The lowest BCUT2D eigenvalue weighted by molar-refractivity contribution is -0.132. The van der Waals surface area contributed by atoms with Crippen molar-refractivity contribution in [3.8, 4) is 11.5 Å². The van der Waals surface area contributed by atoms with Crippen molar-refractivity contribution in [1.29, 1.82) is 0 Å². The zero-order chi connectivity index (χ0) is 18.2. The van der Waals surface area contributed by atoms with Gasteiger partial charge in [-0.15, -0.1) is 5.10 Å². The van der Waals surface area contributed by atoms with Crippen LogP contribution in [0.2, 0.25) is 0 Å². The first-order chi connectivity index (χ1) is 13.3. The van der Waals surface area contributed by atoms with Gasteiger partial charge in [0.2, 0.25) is 5.91 Å². The highest BCUT2D eigenvalue weighted by Crippen LogP contribution is 2.38. The van der Waals surface area contributed by atoms with Crippen molar-refractivity contribution in [3.63, 3.8) is 0 Å². The molecule has 5 rings (SSSR count). The summed E-state index contributed by atoms with van der Waals surface area (Å²) in [5.41, 5.74) is 2.77. The number of aromatic nitrogens is 3.